The summed E-state index contributed by atoms with van der Waals surface area (Å²) >= 11 is 0. The van der Waals surface area contributed by atoms with Crippen LogP contribution in [0.4, 0.5) is 5.82 Å². The fourth-order valence-corrected chi connectivity index (χ4v) is 4.69. The third-order valence-corrected chi connectivity index (χ3v) is 5.93. The first-order valence-electron chi connectivity index (χ1n) is 10.3. The second-order valence-electron chi connectivity index (χ2n) is 8.09. The number of anilines is 1. The molecule has 0 bridgehead atoms. The van der Waals surface area contributed by atoms with Crippen LogP contribution in [0, 0.1) is 0 Å². The molecule has 154 valence electrons. The number of nitrogen functional groups attached to an aromatic ring is 1. The Bertz CT molecular complexity index is 1040. The fourth-order valence-electron chi connectivity index (χ4n) is 4.69. The van der Waals surface area contributed by atoms with Gasteiger partial charge in [-0.15, -0.1) is 0 Å². The van der Waals surface area contributed by atoms with Gasteiger partial charge in [0, 0.05) is 32.4 Å². The van der Waals surface area contributed by atoms with E-state index < -0.39 is 0 Å². The van der Waals surface area contributed by atoms with Crippen LogP contribution in [0.15, 0.2) is 24.3 Å². The van der Waals surface area contributed by atoms with E-state index in [4.69, 9.17) is 15.5 Å². The maximum Gasteiger partial charge on any atom is 0.217 e. The number of amides is 1. The zero-order chi connectivity index (χ0) is 20.4. The van der Waals surface area contributed by atoms with E-state index in [0.29, 0.717) is 25.4 Å². The molecule has 0 spiro atoms. The number of hydrogen-bond donors (Lipinski definition) is 2. The number of ether oxygens (including phenoxy) is 1. The summed E-state index contributed by atoms with van der Waals surface area (Å²) in [6.45, 7) is 2.85. The number of fused-ring (bicyclic) bond motifs is 3. The van der Waals surface area contributed by atoms with Crippen molar-refractivity contribution in [2.75, 3.05) is 19.5 Å². The van der Waals surface area contributed by atoms with E-state index in [-0.39, 0.29) is 11.4 Å². The number of rotatable bonds is 6. The van der Waals surface area contributed by atoms with Gasteiger partial charge in [-0.2, -0.15) is 0 Å². The van der Waals surface area contributed by atoms with E-state index in [1.54, 1.807) is 14.0 Å². The molecular weight excluding hydrogens is 366 g/mol. The largest absolute Gasteiger partial charge is 0.384 e. The number of para-hydroxylation sites is 1. The number of carbonyl (C=O) groups excluding carboxylic acids is 1. The van der Waals surface area contributed by atoms with E-state index in [2.05, 4.69) is 20.9 Å². The SMILES string of the molecule is COCCc1nc2c(N)nc3ccccc3c2n1CC1(NC(C)=O)CCCCC1. The molecule has 1 amide bonds. The lowest BCUT2D eigenvalue weighted by molar-refractivity contribution is -0.121. The van der Waals surface area contributed by atoms with Crippen LogP contribution < -0.4 is 11.1 Å². The molecule has 0 aliphatic heterocycles. The number of methoxy groups -OCH3 is 1. The van der Waals surface area contributed by atoms with Crippen molar-refractivity contribution in [1.82, 2.24) is 19.9 Å². The molecule has 3 aromatic rings. The summed E-state index contributed by atoms with van der Waals surface area (Å²) in [5.74, 6) is 1.37. The third kappa shape index (κ3) is 3.79. The van der Waals surface area contributed by atoms with Gasteiger partial charge in [-0.25, -0.2) is 9.97 Å². The highest BCUT2D eigenvalue weighted by atomic mass is 16.5. The summed E-state index contributed by atoms with van der Waals surface area (Å²) in [6, 6.07) is 8.01. The molecule has 7 heteroatoms. The second kappa shape index (κ2) is 7.99. The van der Waals surface area contributed by atoms with Gasteiger partial charge in [0.1, 0.15) is 11.3 Å². The minimum absolute atomic E-state index is 0.0146. The molecule has 29 heavy (non-hydrogen) atoms. The Hall–Kier alpha value is -2.67. The lowest BCUT2D eigenvalue weighted by Gasteiger charge is -2.38. The van der Waals surface area contributed by atoms with Gasteiger partial charge in [0.05, 0.1) is 23.2 Å². The van der Waals surface area contributed by atoms with Gasteiger partial charge in [-0.05, 0) is 18.9 Å². The van der Waals surface area contributed by atoms with Gasteiger partial charge in [0.2, 0.25) is 5.91 Å². The maximum atomic E-state index is 12.0. The van der Waals surface area contributed by atoms with Gasteiger partial charge in [0.15, 0.2) is 5.82 Å². The lowest BCUT2D eigenvalue weighted by atomic mass is 9.81. The van der Waals surface area contributed by atoms with Crippen molar-refractivity contribution in [3.8, 4) is 0 Å². The maximum absolute atomic E-state index is 12.0. The van der Waals surface area contributed by atoms with Crippen LogP contribution in [0.2, 0.25) is 0 Å². The Morgan fingerprint density at radius 3 is 2.72 bits per heavy atom. The number of benzene rings is 1. The molecule has 4 rings (SSSR count). The average Bonchev–Trinajstić information content (AvgIpc) is 3.05. The molecule has 0 atom stereocenters. The van der Waals surface area contributed by atoms with E-state index >= 15 is 0 Å². The first kappa shape index (κ1) is 19.6. The van der Waals surface area contributed by atoms with E-state index in [1.165, 1.54) is 6.42 Å². The van der Waals surface area contributed by atoms with Gasteiger partial charge in [-0.3, -0.25) is 4.79 Å². The summed E-state index contributed by atoms with van der Waals surface area (Å²) in [7, 11) is 1.69. The molecule has 1 aromatic carbocycles. The van der Waals surface area contributed by atoms with Crippen molar-refractivity contribution in [3.63, 3.8) is 0 Å². The van der Waals surface area contributed by atoms with Gasteiger partial charge >= 0.3 is 0 Å². The summed E-state index contributed by atoms with van der Waals surface area (Å²) in [6.07, 6.45) is 6.05. The van der Waals surface area contributed by atoms with Crippen molar-refractivity contribution in [1.29, 1.82) is 0 Å². The average molecular weight is 396 g/mol. The molecule has 1 fully saturated rings. The molecule has 3 N–H and O–H groups in total. The first-order valence-corrected chi connectivity index (χ1v) is 10.3. The van der Waals surface area contributed by atoms with Crippen LogP contribution in [-0.2, 0) is 22.5 Å². The van der Waals surface area contributed by atoms with Crippen molar-refractivity contribution < 1.29 is 9.53 Å². The van der Waals surface area contributed by atoms with Crippen LogP contribution in [-0.4, -0.2) is 39.7 Å². The number of aromatic nitrogens is 3. The smallest absolute Gasteiger partial charge is 0.217 e. The van der Waals surface area contributed by atoms with E-state index in [0.717, 1.165) is 53.4 Å². The quantitative estimate of drug-likeness (QED) is 0.668. The molecule has 2 aromatic heterocycles. The zero-order valence-electron chi connectivity index (χ0n) is 17.2. The Morgan fingerprint density at radius 2 is 2.00 bits per heavy atom. The topological polar surface area (TPSA) is 95.1 Å². The van der Waals surface area contributed by atoms with Crippen molar-refractivity contribution >= 4 is 33.7 Å². The number of imidazole rings is 1. The number of nitrogens with two attached hydrogens (primary N) is 1. The molecule has 0 unspecified atom stereocenters. The number of pyridine rings is 1. The highest BCUT2D eigenvalue weighted by Crippen LogP contribution is 2.34. The molecule has 1 aliphatic rings. The number of nitrogens with zero attached hydrogens (tertiary/aromatic N) is 3. The molecule has 7 nitrogen and oxygen atoms in total. The summed E-state index contributed by atoms with van der Waals surface area (Å²) in [5, 5.41) is 4.31. The van der Waals surface area contributed by atoms with Gasteiger partial charge < -0.3 is 20.4 Å². The van der Waals surface area contributed by atoms with E-state index in [1.807, 2.05) is 18.2 Å². The van der Waals surface area contributed by atoms with Gasteiger partial charge in [0.25, 0.3) is 0 Å². The standard InChI is InChI=1S/C22H29N5O2/c1-15(28)26-22(11-6-3-7-12-22)14-27-18(10-13-29-2)25-19-20(27)16-8-4-5-9-17(16)24-21(19)23/h4-5,8-9H,3,6-7,10-14H2,1-2H3,(H2,23,24)(H,26,28). The normalized spacial score (nSPS) is 16.3. The summed E-state index contributed by atoms with van der Waals surface area (Å²) < 4.78 is 7.57. The van der Waals surface area contributed by atoms with Crippen LogP contribution >= 0.6 is 0 Å². The van der Waals surface area contributed by atoms with Crippen molar-refractivity contribution in [2.45, 2.75) is 57.5 Å². The number of carbonyl (C=O) groups is 1. The van der Waals surface area contributed by atoms with Crippen molar-refractivity contribution in [2.24, 2.45) is 0 Å². The first-order chi connectivity index (χ1) is 14.0. The molecule has 1 aliphatic carbocycles. The molecule has 1 saturated carbocycles. The van der Waals surface area contributed by atoms with Gasteiger partial charge in [-0.1, -0.05) is 37.5 Å². The zero-order valence-corrected chi connectivity index (χ0v) is 17.2. The third-order valence-electron chi connectivity index (χ3n) is 5.93. The molecule has 0 radical (unpaired) electrons. The summed E-state index contributed by atoms with van der Waals surface area (Å²) in [4.78, 5) is 21.5. The monoisotopic (exact) mass is 395 g/mol. The number of nitrogens with one attached hydrogen (secondary N) is 1. The molecule has 2 heterocycles. The predicted molar refractivity (Wildman–Crippen MR) is 115 cm³/mol. The predicted octanol–water partition coefficient (Wildman–Crippen LogP) is 3.19. The fraction of sp³-hybridized carbons (Fsp3) is 0.500. The highest BCUT2D eigenvalue weighted by Gasteiger charge is 2.35. The number of hydrogen-bond acceptors (Lipinski definition) is 5. The van der Waals surface area contributed by atoms with Crippen LogP contribution in [0.25, 0.3) is 21.9 Å². The lowest BCUT2D eigenvalue weighted by Crippen LogP contribution is -2.52. The Balaban J connectivity index is 1.91. The molecule has 0 saturated heterocycles. The Kier molecular flexibility index (Phi) is 5.41. The van der Waals surface area contributed by atoms with E-state index in [9.17, 15) is 4.79 Å². The Morgan fingerprint density at radius 1 is 1.24 bits per heavy atom. The Labute approximate surface area is 170 Å². The highest BCUT2D eigenvalue weighted by molar-refractivity contribution is 6.06. The van der Waals surface area contributed by atoms with Crippen LogP contribution in [0.5, 0.6) is 0 Å². The van der Waals surface area contributed by atoms with Crippen LogP contribution in [0.1, 0.15) is 44.9 Å². The minimum atomic E-state index is -0.265. The van der Waals surface area contributed by atoms with Crippen molar-refractivity contribution in [3.05, 3.63) is 30.1 Å². The minimum Gasteiger partial charge on any atom is -0.384 e. The second-order valence-corrected chi connectivity index (χ2v) is 8.09. The molecular formula is C22H29N5O2. The summed E-state index contributed by atoms with van der Waals surface area (Å²) in [5.41, 5.74) is 8.60. The van der Waals surface area contributed by atoms with Crippen LogP contribution in [0.3, 0.4) is 0 Å².